The molecule has 3 aliphatic heterocycles. The fraction of sp³-hybridized carbons (Fsp3) is 0.467. The number of amides is 1. The molecule has 0 spiro atoms. The number of fused-ring (bicyclic) bond motifs is 1. The number of anilines is 1. The number of rotatable bonds is 5. The Morgan fingerprint density at radius 3 is 2.52 bits per heavy atom. The van der Waals surface area contributed by atoms with Crippen molar-refractivity contribution in [2.24, 2.45) is 5.92 Å². The molecule has 1 amide bonds. The van der Waals surface area contributed by atoms with Crippen LogP contribution in [-0.2, 0) is 11.2 Å². The summed E-state index contributed by atoms with van der Waals surface area (Å²) in [6.45, 7) is 2.11. The van der Waals surface area contributed by atoms with Crippen LogP contribution in [0.4, 0.5) is 5.95 Å². The molecule has 2 aromatic carbocycles. The summed E-state index contributed by atoms with van der Waals surface area (Å²) in [5.41, 5.74) is 3.26. The van der Waals surface area contributed by atoms with Gasteiger partial charge < -0.3 is 25.1 Å². The molecular weight excluding hydrogens is 508 g/mol. The van der Waals surface area contributed by atoms with Crippen molar-refractivity contribution in [3.63, 3.8) is 0 Å². The van der Waals surface area contributed by atoms with Crippen molar-refractivity contribution in [3.8, 4) is 5.75 Å². The molecule has 3 aromatic rings. The number of phenols is 1. The van der Waals surface area contributed by atoms with Gasteiger partial charge in [0, 0.05) is 32.2 Å². The van der Waals surface area contributed by atoms with E-state index in [1.807, 2.05) is 29.2 Å². The van der Waals surface area contributed by atoms with Crippen LogP contribution in [-0.4, -0.2) is 90.9 Å². The number of nitrogens with zero attached hydrogens (tertiary/aromatic N) is 6. The molecule has 40 heavy (non-hydrogen) atoms. The van der Waals surface area contributed by atoms with Crippen molar-refractivity contribution in [1.82, 2.24) is 24.8 Å². The molecule has 0 bridgehead atoms. The van der Waals surface area contributed by atoms with E-state index < -0.39 is 5.92 Å². The maximum absolute atomic E-state index is 14.3. The molecule has 2 fully saturated rings. The second-order valence-corrected chi connectivity index (χ2v) is 11.1. The summed E-state index contributed by atoms with van der Waals surface area (Å²) in [7, 11) is 0. The maximum atomic E-state index is 14.3. The fourth-order valence-electron chi connectivity index (χ4n) is 6.83. The van der Waals surface area contributed by atoms with Gasteiger partial charge >= 0.3 is 0 Å². The number of aliphatic hydroxyl groups excluding tert-OH is 2. The van der Waals surface area contributed by atoms with Crippen molar-refractivity contribution < 1.29 is 20.1 Å². The first kappa shape index (κ1) is 26.6. The highest BCUT2D eigenvalue weighted by Crippen LogP contribution is 2.43. The number of piperidine rings is 2. The number of benzene rings is 2. The number of carbonyl (C=O) groups excluding carboxylic acids is 1. The average molecular weight is 545 g/mol. The summed E-state index contributed by atoms with van der Waals surface area (Å²) in [4.78, 5) is 33.4. The van der Waals surface area contributed by atoms with Gasteiger partial charge in [-0.25, -0.2) is 15.0 Å². The number of aliphatic hydroxyl groups is 2. The van der Waals surface area contributed by atoms with E-state index in [-0.39, 0.29) is 42.5 Å². The highest BCUT2D eigenvalue weighted by atomic mass is 16.3. The van der Waals surface area contributed by atoms with Crippen molar-refractivity contribution in [2.75, 3.05) is 37.7 Å². The second kappa shape index (κ2) is 11.5. The second-order valence-electron chi connectivity index (χ2n) is 11.1. The number of hydrogen-bond donors (Lipinski definition) is 3. The summed E-state index contributed by atoms with van der Waals surface area (Å²) in [5, 5.41) is 31.1. The molecule has 4 unspecified atom stereocenters. The number of aromatic hydroxyl groups is 1. The van der Waals surface area contributed by atoms with Gasteiger partial charge in [-0.1, -0.05) is 36.4 Å². The van der Waals surface area contributed by atoms with Gasteiger partial charge in [0.2, 0.25) is 11.9 Å². The number of phenolic OH excluding ortho intramolecular Hbond substituents is 1. The topological polar surface area (TPSA) is 126 Å². The van der Waals surface area contributed by atoms with E-state index in [1.165, 1.54) is 18.2 Å². The fourth-order valence-corrected chi connectivity index (χ4v) is 6.83. The van der Waals surface area contributed by atoms with Crippen LogP contribution in [0.3, 0.4) is 0 Å². The normalized spacial score (nSPS) is 25.9. The molecule has 6 rings (SSSR count). The zero-order chi connectivity index (χ0) is 27.6. The largest absolute Gasteiger partial charge is 0.508 e. The van der Waals surface area contributed by atoms with Crippen LogP contribution in [0.1, 0.15) is 48.0 Å². The first-order valence-electron chi connectivity index (χ1n) is 14.1. The molecule has 3 N–H and O–H groups in total. The Labute approximate surface area is 233 Å². The van der Waals surface area contributed by atoms with Crippen molar-refractivity contribution in [3.05, 3.63) is 77.9 Å². The van der Waals surface area contributed by atoms with Crippen LogP contribution in [0.25, 0.3) is 0 Å². The van der Waals surface area contributed by atoms with E-state index in [1.54, 1.807) is 12.1 Å². The Balaban J connectivity index is 1.41. The molecule has 1 aromatic heterocycles. The van der Waals surface area contributed by atoms with Crippen LogP contribution < -0.4 is 4.90 Å². The van der Waals surface area contributed by atoms with Gasteiger partial charge in [0.25, 0.3) is 0 Å². The van der Waals surface area contributed by atoms with E-state index in [0.29, 0.717) is 44.8 Å². The highest BCUT2D eigenvalue weighted by Gasteiger charge is 2.47. The van der Waals surface area contributed by atoms with E-state index in [0.717, 1.165) is 24.1 Å². The van der Waals surface area contributed by atoms with Crippen LogP contribution >= 0.6 is 0 Å². The average Bonchev–Trinajstić information content (AvgIpc) is 3.00. The molecule has 210 valence electrons. The van der Waals surface area contributed by atoms with Crippen molar-refractivity contribution in [2.45, 2.75) is 49.9 Å². The van der Waals surface area contributed by atoms with Gasteiger partial charge in [-0.05, 0) is 54.5 Å². The lowest BCUT2D eigenvalue weighted by Crippen LogP contribution is -2.60. The Bertz CT molecular complexity index is 1320. The molecule has 4 atom stereocenters. The van der Waals surface area contributed by atoms with E-state index in [2.05, 4.69) is 36.9 Å². The van der Waals surface area contributed by atoms with E-state index >= 15 is 0 Å². The van der Waals surface area contributed by atoms with Gasteiger partial charge in [-0.2, -0.15) is 0 Å². The van der Waals surface area contributed by atoms with Crippen LogP contribution in [0.2, 0.25) is 0 Å². The summed E-state index contributed by atoms with van der Waals surface area (Å²) in [6, 6.07) is 14.9. The Morgan fingerprint density at radius 1 is 1.00 bits per heavy atom. The smallest absolute Gasteiger partial charge is 0.229 e. The van der Waals surface area contributed by atoms with Crippen LogP contribution in [0, 0.1) is 5.92 Å². The minimum Gasteiger partial charge on any atom is -0.508 e. The maximum Gasteiger partial charge on any atom is 0.229 e. The number of aromatic nitrogens is 3. The van der Waals surface area contributed by atoms with Gasteiger partial charge in [0.15, 0.2) is 0 Å². The molecule has 0 radical (unpaired) electrons. The van der Waals surface area contributed by atoms with Gasteiger partial charge in [0.1, 0.15) is 18.4 Å². The van der Waals surface area contributed by atoms with E-state index in [4.69, 9.17) is 0 Å². The molecule has 2 saturated heterocycles. The molecule has 10 nitrogen and oxygen atoms in total. The molecule has 0 aliphatic carbocycles. The lowest BCUT2D eigenvalue weighted by molar-refractivity contribution is -0.141. The third kappa shape index (κ3) is 5.14. The SMILES string of the molecule is O=C(C1CN(c2ncncn2)C(c2cccc(O)c2)CC1N1CCc2ccccc2C1CO)N1CCC(O)CC1. The standard InChI is InChI=1S/C30H36N6O4/c37-17-28-24-7-2-1-4-20(24)8-13-35(28)27-15-26(21-5-3-6-23(39)14-21)36(30-32-18-31-19-33-30)16-25(27)29(40)34-11-9-22(38)10-12-34/h1-7,14,18-19,22,25-28,37-39H,8-13,15-17H2. The highest BCUT2D eigenvalue weighted by molar-refractivity contribution is 5.81. The minimum absolute atomic E-state index is 0.0434. The van der Waals surface area contributed by atoms with Crippen molar-refractivity contribution in [1.29, 1.82) is 0 Å². The molecule has 0 saturated carbocycles. The lowest BCUT2D eigenvalue weighted by Gasteiger charge is -2.51. The number of hydrogen-bond acceptors (Lipinski definition) is 9. The molecule has 4 heterocycles. The predicted molar refractivity (Wildman–Crippen MR) is 148 cm³/mol. The summed E-state index contributed by atoms with van der Waals surface area (Å²) in [5.74, 6) is 0.312. The molecular formula is C30H36N6O4. The Kier molecular flexibility index (Phi) is 7.64. The Hall–Kier alpha value is -3.60. The summed E-state index contributed by atoms with van der Waals surface area (Å²) < 4.78 is 0. The first-order valence-corrected chi connectivity index (χ1v) is 14.1. The van der Waals surface area contributed by atoms with Crippen molar-refractivity contribution >= 4 is 11.9 Å². The van der Waals surface area contributed by atoms with Gasteiger partial charge in [-0.15, -0.1) is 0 Å². The van der Waals surface area contributed by atoms with Crippen LogP contribution in [0.15, 0.2) is 61.2 Å². The Morgan fingerprint density at radius 2 is 1.77 bits per heavy atom. The molecule has 3 aliphatic rings. The first-order chi connectivity index (χ1) is 19.5. The summed E-state index contributed by atoms with van der Waals surface area (Å²) in [6.07, 6.45) is 5.11. The summed E-state index contributed by atoms with van der Waals surface area (Å²) >= 11 is 0. The van der Waals surface area contributed by atoms with Gasteiger partial charge in [0.05, 0.1) is 30.7 Å². The molecule has 10 heteroatoms. The third-order valence-corrected chi connectivity index (χ3v) is 8.84. The zero-order valence-electron chi connectivity index (χ0n) is 22.5. The van der Waals surface area contributed by atoms with E-state index in [9.17, 15) is 20.1 Å². The number of likely N-dealkylation sites (tertiary alicyclic amines) is 1. The lowest BCUT2D eigenvalue weighted by atomic mass is 9.80. The number of carbonyl (C=O) groups is 1. The quantitative estimate of drug-likeness (QED) is 0.443. The zero-order valence-corrected chi connectivity index (χ0v) is 22.5. The monoisotopic (exact) mass is 544 g/mol. The predicted octanol–water partition coefficient (Wildman–Crippen LogP) is 2.09. The van der Waals surface area contributed by atoms with Gasteiger partial charge in [-0.3, -0.25) is 9.69 Å². The van der Waals surface area contributed by atoms with Crippen LogP contribution in [0.5, 0.6) is 5.75 Å². The minimum atomic E-state index is -0.403. The third-order valence-electron chi connectivity index (χ3n) is 8.84.